The van der Waals surface area contributed by atoms with Crippen LogP contribution in [0.4, 0.5) is 0 Å². The van der Waals surface area contributed by atoms with Gasteiger partial charge >= 0.3 is 17.6 Å². The molecule has 0 saturated heterocycles. The molecule has 11 nitrogen and oxygen atoms in total. The third-order valence-corrected chi connectivity index (χ3v) is 15.2. The number of carbonyl (C=O) groups is 2. The number of hydrogen-bond donors (Lipinski definition) is 3. The number of rotatable bonds is 14. The Bertz CT molecular complexity index is 3010. The van der Waals surface area contributed by atoms with E-state index in [0.29, 0.717) is 49.5 Å². The Morgan fingerprint density at radius 1 is 0.795 bits per heavy atom. The van der Waals surface area contributed by atoms with Crippen molar-refractivity contribution in [2.45, 2.75) is 121 Å². The second-order valence-corrected chi connectivity index (χ2v) is 20.3. The van der Waals surface area contributed by atoms with E-state index in [1.807, 2.05) is 45.0 Å². The van der Waals surface area contributed by atoms with E-state index in [1.165, 1.54) is 11.1 Å². The fourth-order valence-corrected chi connectivity index (χ4v) is 11.4. The highest BCUT2D eigenvalue weighted by atomic mass is 16.6. The maximum absolute atomic E-state index is 15.2. The van der Waals surface area contributed by atoms with E-state index in [9.17, 15) is 24.9 Å². The molecule has 4 aliphatic rings. The first-order valence-corrected chi connectivity index (χ1v) is 25.7. The molecule has 0 radical (unpaired) electrons. The Morgan fingerprint density at radius 3 is 2.25 bits per heavy atom. The quantitative estimate of drug-likeness (QED) is 0.0313. The van der Waals surface area contributed by atoms with Crippen molar-refractivity contribution in [3.63, 3.8) is 0 Å². The molecule has 73 heavy (non-hydrogen) atoms. The first-order chi connectivity index (χ1) is 35.5. The number of aliphatic hydroxyl groups excluding tert-OH is 3. The standard InChI is InChI=1S/C62H66O11/c1-39(2)49-25-21-41-19-22-44(23-20-41)50-26-24-46(45-18-10-16-43(33-45)32-42-14-8-5-9-15-42)34-48(50)35-54(66)70-58-56-53(73-62(3,59(58)72-60(49)67)30-11-17-40-12-6-4-7-13-40)28-27-51-52(36-64)55(61(68)71-57(51)56)47(29-31-63)37-69-38-65/h4-10,12-16,18-20,22-24,26-28,33,46-48,50,58-59,63-65H,11,17,21,25,29-32,34-38H2,1-3H3. The van der Waals surface area contributed by atoms with Crippen LogP contribution in [0.1, 0.15) is 133 Å². The van der Waals surface area contributed by atoms with Gasteiger partial charge in [-0.2, -0.15) is 0 Å². The lowest BCUT2D eigenvalue weighted by atomic mass is 9.72. The van der Waals surface area contributed by atoms with E-state index in [4.69, 9.17) is 23.4 Å². The normalized spacial score (nSPS) is 22.4. The summed E-state index contributed by atoms with van der Waals surface area (Å²) < 4.78 is 32.2. The largest absolute Gasteiger partial charge is 0.483 e. The van der Waals surface area contributed by atoms with Gasteiger partial charge in [0, 0.05) is 47.3 Å². The molecule has 0 spiro atoms. The molecule has 3 N–H and O–H groups in total. The van der Waals surface area contributed by atoms with Crippen LogP contribution in [-0.2, 0) is 49.7 Å². The molecule has 11 heteroatoms. The number of aryl methyl sites for hydroxylation is 2. The SMILES string of the molecule is CC(C)=C1CCc2ccc(cc2)C2C=CC(c3cccc(Cc4ccccc4)c3)CC2CC(=O)OC2c3c(ccc4c(CO)c(C(CCO)COCO)c(=O)oc34)OC(C)(CCCc3ccccc3)C2OC1=O. The van der Waals surface area contributed by atoms with Crippen molar-refractivity contribution in [1.29, 1.82) is 0 Å². The van der Waals surface area contributed by atoms with Crippen LogP contribution < -0.4 is 10.4 Å². The summed E-state index contributed by atoms with van der Waals surface area (Å²) in [5, 5.41) is 30.9. The van der Waals surface area contributed by atoms with E-state index >= 15 is 4.79 Å². The van der Waals surface area contributed by atoms with Gasteiger partial charge in [0.15, 0.2) is 12.2 Å². The number of hydrogen-bond acceptors (Lipinski definition) is 11. The third kappa shape index (κ3) is 11.5. The highest BCUT2D eigenvalue weighted by Gasteiger charge is 2.53. The minimum Gasteiger partial charge on any atom is -0.483 e. The molecular formula is C62H66O11. The van der Waals surface area contributed by atoms with Gasteiger partial charge in [0.25, 0.3) is 0 Å². The minimum atomic E-state index is -1.33. The predicted octanol–water partition coefficient (Wildman–Crippen LogP) is 10.8. The monoisotopic (exact) mass is 986 g/mol. The van der Waals surface area contributed by atoms with Crippen LogP contribution in [0.15, 0.2) is 154 Å². The zero-order valence-electron chi connectivity index (χ0n) is 42.0. The van der Waals surface area contributed by atoms with Crippen LogP contribution >= 0.6 is 0 Å². The van der Waals surface area contributed by atoms with Crippen LogP contribution in [0, 0.1) is 5.92 Å². The van der Waals surface area contributed by atoms with Gasteiger partial charge in [-0.05, 0) is 129 Å². The summed E-state index contributed by atoms with van der Waals surface area (Å²) in [5.74, 6) is -1.85. The van der Waals surface area contributed by atoms with Crippen molar-refractivity contribution in [3.8, 4) is 5.75 Å². The summed E-state index contributed by atoms with van der Waals surface area (Å²) in [5.41, 5.74) is 6.60. The fraction of sp³-hybridized carbons (Fsp3) is 0.371. The average molecular weight is 987 g/mol. The van der Waals surface area contributed by atoms with Crippen molar-refractivity contribution in [2.75, 3.05) is 20.0 Å². The van der Waals surface area contributed by atoms with E-state index in [0.717, 1.165) is 34.2 Å². The smallest absolute Gasteiger partial charge is 0.340 e. The molecule has 0 saturated carbocycles. The number of ether oxygens (including phenoxy) is 4. The zero-order valence-corrected chi connectivity index (χ0v) is 42.0. The Labute approximate surface area is 427 Å². The van der Waals surface area contributed by atoms with Gasteiger partial charge in [0.2, 0.25) is 0 Å². The Balaban J connectivity index is 1.16. The number of esters is 2. The number of allylic oxidation sites excluding steroid dienone is 3. The number of benzene rings is 5. The van der Waals surface area contributed by atoms with Crippen molar-refractivity contribution < 1.29 is 48.3 Å². The molecule has 0 fully saturated rings. The second-order valence-electron chi connectivity index (χ2n) is 20.3. The van der Waals surface area contributed by atoms with E-state index in [2.05, 4.69) is 97.1 Å². The topological polar surface area (TPSA) is 162 Å². The van der Waals surface area contributed by atoms with Gasteiger partial charge in [-0.25, -0.2) is 9.59 Å². The second kappa shape index (κ2) is 23.1. The van der Waals surface area contributed by atoms with Gasteiger partial charge in [0.1, 0.15) is 23.7 Å². The number of carbonyl (C=O) groups excluding carboxylic acids is 2. The average Bonchev–Trinajstić information content (AvgIpc) is 3.39. The highest BCUT2D eigenvalue weighted by molar-refractivity contribution is 5.90. The van der Waals surface area contributed by atoms with E-state index < -0.39 is 54.7 Å². The molecule has 6 aromatic rings. The van der Waals surface area contributed by atoms with Gasteiger partial charge < -0.3 is 38.7 Å². The van der Waals surface area contributed by atoms with Crippen LogP contribution in [0.3, 0.4) is 0 Å². The summed E-state index contributed by atoms with van der Waals surface area (Å²) in [6, 6.07) is 41.0. The summed E-state index contributed by atoms with van der Waals surface area (Å²) >= 11 is 0. The molecule has 1 aliphatic carbocycles. The Morgan fingerprint density at radius 2 is 1.53 bits per heavy atom. The summed E-state index contributed by atoms with van der Waals surface area (Å²) in [4.78, 5) is 44.5. The molecule has 0 amide bonds. The highest BCUT2D eigenvalue weighted by Crippen LogP contribution is 2.50. The van der Waals surface area contributed by atoms with Gasteiger partial charge in [0.05, 0.1) is 18.8 Å². The lowest BCUT2D eigenvalue weighted by Crippen LogP contribution is -2.54. The van der Waals surface area contributed by atoms with E-state index in [-0.39, 0.29) is 71.8 Å². The lowest BCUT2D eigenvalue weighted by Gasteiger charge is -2.45. The molecule has 3 aliphatic heterocycles. The molecule has 10 rings (SSSR count). The van der Waals surface area contributed by atoms with E-state index in [1.54, 1.807) is 12.1 Å². The molecule has 1 aromatic heterocycles. The summed E-state index contributed by atoms with van der Waals surface area (Å²) in [6.45, 7) is 4.02. The van der Waals surface area contributed by atoms with Crippen LogP contribution in [0.2, 0.25) is 0 Å². The zero-order chi connectivity index (χ0) is 51.1. The molecule has 5 aromatic carbocycles. The number of aliphatic hydroxyl groups is 3. The Hall–Kier alpha value is -6.63. The van der Waals surface area contributed by atoms with Gasteiger partial charge in [-0.3, -0.25) is 4.79 Å². The van der Waals surface area contributed by atoms with Crippen molar-refractivity contribution in [1.82, 2.24) is 0 Å². The van der Waals surface area contributed by atoms with Crippen molar-refractivity contribution >= 4 is 22.9 Å². The van der Waals surface area contributed by atoms with Crippen LogP contribution in [0.5, 0.6) is 5.75 Å². The molecule has 7 atom stereocenters. The Kier molecular flexibility index (Phi) is 16.2. The summed E-state index contributed by atoms with van der Waals surface area (Å²) in [7, 11) is 0. The fourth-order valence-electron chi connectivity index (χ4n) is 11.4. The molecule has 2 bridgehead atoms. The van der Waals surface area contributed by atoms with Crippen molar-refractivity contribution in [3.05, 3.63) is 205 Å². The van der Waals surface area contributed by atoms with Crippen molar-refractivity contribution in [2.24, 2.45) is 5.92 Å². The van der Waals surface area contributed by atoms with Gasteiger partial charge in [-0.15, -0.1) is 0 Å². The van der Waals surface area contributed by atoms with Gasteiger partial charge in [-0.1, -0.05) is 127 Å². The maximum atomic E-state index is 15.2. The first kappa shape index (κ1) is 51.3. The van der Waals surface area contributed by atoms with Crippen LogP contribution in [-0.4, -0.2) is 59.0 Å². The molecular weight excluding hydrogens is 921 g/mol. The molecule has 380 valence electrons. The minimum absolute atomic E-state index is 0.0108. The predicted molar refractivity (Wildman–Crippen MR) is 279 cm³/mol. The number of fused-ring (bicyclic) bond motifs is 11. The summed E-state index contributed by atoms with van der Waals surface area (Å²) in [6.07, 6.45) is 6.20. The molecule has 7 unspecified atom stereocenters. The van der Waals surface area contributed by atoms with Crippen LogP contribution in [0.25, 0.3) is 11.0 Å². The molecule has 4 heterocycles. The third-order valence-electron chi connectivity index (χ3n) is 15.2. The lowest BCUT2D eigenvalue weighted by molar-refractivity contribution is -0.192. The maximum Gasteiger partial charge on any atom is 0.340 e. The first-order valence-electron chi connectivity index (χ1n) is 25.7.